The molecule has 8 nitrogen and oxygen atoms in total. The minimum Gasteiger partial charge on any atom is -0.333 e. The average Bonchev–Trinajstić information content (AvgIpc) is 3.35. The molecule has 2 aliphatic heterocycles. The zero-order valence-electron chi connectivity index (χ0n) is 19.0. The Morgan fingerprint density at radius 3 is 2.61 bits per heavy atom. The highest BCUT2D eigenvalue weighted by Crippen LogP contribution is 2.33. The van der Waals surface area contributed by atoms with E-state index < -0.39 is 0 Å². The molecule has 0 radical (unpaired) electrons. The van der Waals surface area contributed by atoms with Crippen molar-refractivity contribution >= 4 is 11.8 Å². The smallest absolute Gasteiger partial charge is 0.254 e. The summed E-state index contributed by atoms with van der Waals surface area (Å²) in [6.07, 6.45) is 12.0. The predicted molar refractivity (Wildman–Crippen MR) is 122 cm³/mol. The number of fused-ring (bicyclic) bond motifs is 1. The molecule has 0 aromatic carbocycles. The summed E-state index contributed by atoms with van der Waals surface area (Å²) in [7, 11) is 0. The van der Waals surface area contributed by atoms with Gasteiger partial charge in [-0.15, -0.1) is 0 Å². The van der Waals surface area contributed by atoms with Crippen LogP contribution in [0.15, 0.2) is 29.3 Å². The van der Waals surface area contributed by atoms with Crippen molar-refractivity contribution in [3.05, 3.63) is 57.5 Å². The van der Waals surface area contributed by atoms with E-state index in [2.05, 4.69) is 9.97 Å². The second kappa shape index (κ2) is 9.45. The summed E-state index contributed by atoms with van der Waals surface area (Å²) in [6.45, 7) is 1.49. The maximum Gasteiger partial charge on any atom is 0.254 e. The second-order valence-electron chi connectivity index (χ2n) is 9.54. The Bertz CT molecular complexity index is 1080. The van der Waals surface area contributed by atoms with Crippen LogP contribution in [0.3, 0.4) is 0 Å². The van der Waals surface area contributed by atoms with Crippen LogP contribution in [0.25, 0.3) is 0 Å². The first-order chi connectivity index (χ1) is 16.1. The molecule has 0 bridgehead atoms. The summed E-state index contributed by atoms with van der Waals surface area (Å²) in [4.78, 5) is 54.3. The maximum absolute atomic E-state index is 13.1. The number of rotatable bonds is 4. The lowest BCUT2D eigenvalue weighted by molar-refractivity contribution is -0.133. The third-order valence-electron chi connectivity index (χ3n) is 7.38. The molecule has 5 rings (SSSR count). The molecule has 0 unspecified atom stereocenters. The summed E-state index contributed by atoms with van der Waals surface area (Å²) in [5.74, 6) is 1.14. The van der Waals surface area contributed by atoms with Gasteiger partial charge < -0.3 is 14.8 Å². The first-order valence-electron chi connectivity index (χ1n) is 12.2. The van der Waals surface area contributed by atoms with Gasteiger partial charge in [0.05, 0.1) is 18.3 Å². The van der Waals surface area contributed by atoms with E-state index in [1.165, 1.54) is 19.3 Å². The average molecular weight is 450 g/mol. The van der Waals surface area contributed by atoms with Crippen molar-refractivity contribution in [2.45, 2.75) is 70.4 Å². The number of pyridine rings is 1. The number of nitrogens with zero attached hydrogens (tertiary/aromatic N) is 4. The monoisotopic (exact) mass is 449 g/mol. The van der Waals surface area contributed by atoms with Gasteiger partial charge >= 0.3 is 0 Å². The molecule has 1 saturated carbocycles. The summed E-state index contributed by atoms with van der Waals surface area (Å²) in [5.41, 5.74) is 1.73. The highest BCUT2D eigenvalue weighted by molar-refractivity contribution is 5.94. The predicted octanol–water partition coefficient (Wildman–Crippen LogP) is 3.00. The highest BCUT2D eigenvalue weighted by atomic mass is 16.2. The molecule has 2 aromatic heterocycles. The van der Waals surface area contributed by atoms with Crippen molar-refractivity contribution in [1.82, 2.24) is 24.8 Å². The molecule has 174 valence electrons. The number of likely N-dealkylation sites (tertiary alicyclic amines) is 1. The van der Waals surface area contributed by atoms with Gasteiger partial charge in [0.15, 0.2) is 0 Å². The van der Waals surface area contributed by atoms with Crippen molar-refractivity contribution in [3.8, 4) is 0 Å². The number of aromatic nitrogens is 3. The van der Waals surface area contributed by atoms with Crippen LogP contribution in [-0.2, 0) is 17.8 Å². The first kappa shape index (κ1) is 21.8. The second-order valence-corrected chi connectivity index (χ2v) is 9.54. The Morgan fingerprint density at radius 2 is 1.82 bits per heavy atom. The molecule has 1 N–H and O–H groups in total. The Morgan fingerprint density at radius 1 is 1.03 bits per heavy atom. The van der Waals surface area contributed by atoms with Gasteiger partial charge in [-0.1, -0.05) is 19.3 Å². The van der Waals surface area contributed by atoms with Crippen LogP contribution in [0, 0.1) is 5.92 Å². The van der Waals surface area contributed by atoms with Gasteiger partial charge in [-0.05, 0) is 50.2 Å². The summed E-state index contributed by atoms with van der Waals surface area (Å²) in [5, 5.41) is 0. The van der Waals surface area contributed by atoms with Crippen LogP contribution in [0.4, 0.5) is 0 Å². The van der Waals surface area contributed by atoms with Crippen molar-refractivity contribution in [2.75, 3.05) is 13.1 Å². The minimum absolute atomic E-state index is 0.0863. The van der Waals surface area contributed by atoms with Crippen LogP contribution in [0.2, 0.25) is 0 Å². The molecular formula is C25H31N5O3. The number of aromatic amines is 1. The third kappa shape index (κ3) is 4.56. The molecule has 2 amide bonds. The van der Waals surface area contributed by atoms with Crippen molar-refractivity contribution in [1.29, 1.82) is 0 Å². The zero-order chi connectivity index (χ0) is 22.8. The first-order valence-corrected chi connectivity index (χ1v) is 12.2. The Labute approximate surface area is 193 Å². The number of carbonyl (C=O) groups excluding carboxylic acids is 2. The zero-order valence-corrected chi connectivity index (χ0v) is 19.0. The number of nitrogens with one attached hydrogen (secondary N) is 1. The van der Waals surface area contributed by atoms with Gasteiger partial charge in [0.25, 0.3) is 11.5 Å². The number of H-pyrrole nitrogens is 1. The molecule has 2 fully saturated rings. The van der Waals surface area contributed by atoms with E-state index in [0.29, 0.717) is 61.0 Å². The summed E-state index contributed by atoms with van der Waals surface area (Å²) < 4.78 is 0. The molecule has 2 aromatic rings. The van der Waals surface area contributed by atoms with Crippen molar-refractivity contribution in [2.24, 2.45) is 5.92 Å². The van der Waals surface area contributed by atoms with E-state index in [0.717, 1.165) is 25.7 Å². The summed E-state index contributed by atoms with van der Waals surface area (Å²) in [6, 6.07) is 3.21. The van der Waals surface area contributed by atoms with Gasteiger partial charge in [0, 0.05) is 43.0 Å². The third-order valence-corrected chi connectivity index (χ3v) is 7.38. The van der Waals surface area contributed by atoms with Gasteiger partial charge in [-0.25, -0.2) is 4.98 Å². The van der Waals surface area contributed by atoms with Gasteiger partial charge in [0.2, 0.25) is 5.91 Å². The SMILES string of the molecule is O=C(c1ccncc1)N1CCc2c(nc([C@H]3CCCN3C(=O)CC3CCCCC3)[nH]c2=O)C1. The van der Waals surface area contributed by atoms with E-state index in [4.69, 9.17) is 4.98 Å². The largest absolute Gasteiger partial charge is 0.333 e. The lowest BCUT2D eigenvalue weighted by Crippen LogP contribution is -2.40. The van der Waals surface area contributed by atoms with E-state index in [1.807, 2.05) is 4.90 Å². The molecule has 0 spiro atoms. The Hall–Kier alpha value is -3.03. The maximum atomic E-state index is 13.1. The fourth-order valence-corrected chi connectivity index (χ4v) is 5.57. The summed E-state index contributed by atoms with van der Waals surface area (Å²) >= 11 is 0. The Kier molecular flexibility index (Phi) is 6.24. The normalized spacial score (nSPS) is 21.2. The van der Waals surface area contributed by atoms with E-state index in [-0.39, 0.29) is 23.4 Å². The van der Waals surface area contributed by atoms with Crippen LogP contribution in [-0.4, -0.2) is 49.7 Å². The van der Waals surface area contributed by atoms with Crippen molar-refractivity contribution < 1.29 is 9.59 Å². The quantitative estimate of drug-likeness (QED) is 0.774. The number of carbonyl (C=O) groups is 2. The van der Waals surface area contributed by atoms with Crippen LogP contribution in [0.5, 0.6) is 0 Å². The van der Waals surface area contributed by atoms with Crippen molar-refractivity contribution in [3.63, 3.8) is 0 Å². The standard InChI is InChI=1S/C25H31N5O3/c31-22(15-17-5-2-1-3-6-17)30-13-4-7-21(30)23-27-20-16-29(14-10-19(20)24(32)28-23)25(33)18-8-11-26-12-9-18/h8-9,11-12,17,21H,1-7,10,13-16H2,(H,27,28,32)/t21-/m1/s1. The van der Waals surface area contributed by atoms with Gasteiger partial charge in [-0.2, -0.15) is 0 Å². The fraction of sp³-hybridized carbons (Fsp3) is 0.560. The highest BCUT2D eigenvalue weighted by Gasteiger charge is 2.34. The van der Waals surface area contributed by atoms with E-state index >= 15 is 0 Å². The molecule has 1 aliphatic carbocycles. The van der Waals surface area contributed by atoms with E-state index in [9.17, 15) is 14.4 Å². The lowest BCUT2D eigenvalue weighted by atomic mass is 9.86. The molecule has 1 saturated heterocycles. The van der Waals surface area contributed by atoms with Gasteiger partial charge in [-0.3, -0.25) is 19.4 Å². The Balaban J connectivity index is 1.34. The van der Waals surface area contributed by atoms with Crippen LogP contribution < -0.4 is 5.56 Å². The minimum atomic E-state index is -0.189. The number of hydrogen-bond acceptors (Lipinski definition) is 5. The molecular weight excluding hydrogens is 418 g/mol. The fourth-order valence-electron chi connectivity index (χ4n) is 5.57. The van der Waals surface area contributed by atoms with E-state index in [1.54, 1.807) is 29.4 Å². The van der Waals surface area contributed by atoms with Gasteiger partial charge in [0.1, 0.15) is 5.82 Å². The van der Waals surface area contributed by atoms with Crippen LogP contribution in [0.1, 0.15) is 84.8 Å². The molecule has 33 heavy (non-hydrogen) atoms. The van der Waals surface area contributed by atoms with Crippen LogP contribution >= 0.6 is 0 Å². The topological polar surface area (TPSA) is 99.3 Å². The molecule has 4 heterocycles. The number of amides is 2. The number of hydrogen-bond donors (Lipinski definition) is 1. The molecule has 1 atom stereocenters. The lowest BCUT2D eigenvalue weighted by Gasteiger charge is -2.30. The molecule has 3 aliphatic rings. The molecule has 8 heteroatoms.